The summed E-state index contributed by atoms with van der Waals surface area (Å²) >= 11 is 1.71. The van der Waals surface area contributed by atoms with E-state index in [0.29, 0.717) is 0 Å². The molecule has 2 heteroatoms. The Morgan fingerprint density at radius 3 is 2.93 bits per heavy atom. The number of hydrogen-bond acceptors (Lipinski definition) is 2. The average Bonchev–Trinajstić information content (AvgIpc) is 2.58. The van der Waals surface area contributed by atoms with Crippen LogP contribution in [0.4, 0.5) is 0 Å². The number of aryl methyl sites for hydroxylation is 1. The molecule has 1 fully saturated rings. The summed E-state index contributed by atoms with van der Waals surface area (Å²) in [4.78, 5) is 1.21. The van der Waals surface area contributed by atoms with Crippen LogP contribution in [0.2, 0.25) is 0 Å². The van der Waals surface area contributed by atoms with Gasteiger partial charge in [-0.15, -0.1) is 11.3 Å². The van der Waals surface area contributed by atoms with Gasteiger partial charge in [0, 0.05) is 4.88 Å². The van der Waals surface area contributed by atoms with E-state index in [2.05, 4.69) is 18.4 Å². The lowest BCUT2D eigenvalue weighted by Crippen LogP contribution is -2.14. The monoisotopic (exact) mass is 210 g/mol. The average molecular weight is 210 g/mol. The highest BCUT2D eigenvalue weighted by Gasteiger charge is 2.23. The van der Waals surface area contributed by atoms with Crippen LogP contribution in [0, 0.1) is 5.92 Å². The fourth-order valence-corrected chi connectivity index (χ4v) is 3.08. The van der Waals surface area contributed by atoms with Crippen molar-refractivity contribution in [3.05, 3.63) is 21.9 Å². The van der Waals surface area contributed by atoms with Crippen LogP contribution in [0.15, 0.2) is 11.4 Å². The van der Waals surface area contributed by atoms with Crippen LogP contribution < -0.4 is 0 Å². The van der Waals surface area contributed by atoms with Crippen LogP contribution in [0.25, 0.3) is 0 Å². The van der Waals surface area contributed by atoms with Gasteiger partial charge in [0.1, 0.15) is 0 Å². The molecule has 1 aromatic rings. The largest absolute Gasteiger partial charge is 0.388 e. The fourth-order valence-electron chi connectivity index (χ4n) is 2.08. The molecule has 1 aliphatic rings. The number of aliphatic hydroxyl groups excluding tert-OH is 1. The van der Waals surface area contributed by atoms with E-state index in [0.717, 1.165) is 18.8 Å². The minimum absolute atomic E-state index is 0.199. The van der Waals surface area contributed by atoms with Crippen molar-refractivity contribution in [1.82, 2.24) is 0 Å². The molecule has 1 nitrogen and oxygen atoms in total. The minimum atomic E-state index is -0.199. The van der Waals surface area contributed by atoms with E-state index in [1.165, 1.54) is 29.7 Å². The van der Waals surface area contributed by atoms with E-state index < -0.39 is 0 Å². The highest BCUT2D eigenvalue weighted by Crippen LogP contribution is 2.37. The minimum Gasteiger partial charge on any atom is -0.388 e. The zero-order chi connectivity index (χ0) is 9.97. The van der Waals surface area contributed by atoms with Crippen LogP contribution >= 0.6 is 11.3 Å². The summed E-state index contributed by atoms with van der Waals surface area (Å²) in [5, 5.41) is 12.2. The van der Waals surface area contributed by atoms with Crippen molar-refractivity contribution in [2.24, 2.45) is 5.92 Å². The van der Waals surface area contributed by atoms with Gasteiger partial charge in [0.25, 0.3) is 0 Å². The van der Waals surface area contributed by atoms with Crippen molar-refractivity contribution in [3.63, 3.8) is 0 Å². The lowest BCUT2D eigenvalue weighted by Gasteiger charge is -2.27. The van der Waals surface area contributed by atoms with Gasteiger partial charge in [-0.25, -0.2) is 0 Å². The summed E-state index contributed by atoms with van der Waals surface area (Å²) in [6, 6.07) is 2.14. The molecule has 1 aliphatic carbocycles. The quantitative estimate of drug-likeness (QED) is 0.806. The van der Waals surface area contributed by atoms with Crippen molar-refractivity contribution in [3.8, 4) is 0 Å². The molecule has 1 heterocycles. The molecular weight excluding hydrogens is 192 g/mol. The highest BCUT2D eigenvalue weighted by molar-refractivity contribution is 7.10. The zero-order valence-electron chi connectivity index (χ0n) is 8.70. The number of thiophene rings is 1. The molecule has 1 aromatic heterocycles. The molecular formula is C12H18OS. The molecule has 78 valence electrons. The van der Waals surface area contributed by atoms with Gasteiger partial charge >= 0.3 is 0 Å². The maximum Gasteiger partial charge on any atom is 0.0887 e. The van der Waals surface area contributed by atoms with E-state index >= 15 is 0 Å². The van der Waals surface area contributed by atoms with Crippen LogP contribution in [0.1, 0.15) is 49.2 Å². The third kappa shape index (κ3) is 2.01. The second-order valence-electron chi connectivity index (χ2n) is 4.21. The van der Waals surface area contributed by atoms with Crippen molar-refractivity contribution in [1.29, 1.82) is 0 Å². The maximum atomic E-state index is 10.1. The topological polar surface area (TPSA) is 20.2 Å². The van der Waals surface area contributed by atoms with Crippen molar-refractivity contribution in [2.45, 2.75) is 45.1 Å². The number of rotatable bonds is 4. The Morgan fingerprint density at radius 1 is 1.57 bits per heavy atom. The fraction of sp³-hybridized carbons (Fsp3) is 0.667. The molecule has 1 saturated carbocycles. The predicted molar refractivity (Wildman–Crippen MR) is 60.6 cm³/mol. The number of aliphatic hydroxyl groups is 1. The van der Waals surface area contributed by atoms with E-state index in [9.17, 15) is 5.11 Å². The molecule has 2 rings (SSSR count). The molecule has 0 aliphatic heterocycles. The van der Waals surface area contributed by atoms with Crippen LogP contribution in [-0.4, -0.2) is 5.11 Å². The second kappa shape index (κ2) is 4.45. The Hall–Kier alpha value is -0.340. The molecule has 1 atom stereocenters. The van der Waals surface area contributed by atoms with Crippen molar-refractivity contribution < 1.29 is 5.11 Å². The molecule has 0 aromatic carbocycles. The van der Waals surface area contributed by atoms with Crippen LogP contribution in [0.5, 0.6) is 0 Å². The molecule has 0 spiro atoms. The third-order valence-electron chi connectivity index (χ3n) is 3.25. The van der Waals surface area contributed by atoms with Gasteiger partial charge in [-0.2, -0.15) is 0 Å². The standard InChI is InChI=1S/C12H18OS/c1-2-10-6-7-14-12(10)11(13)8-9-4-3-5-9/h6-7,9,11,13H,2-5,8H2,1H3. The van der Waals surface area contributed by atoms with Crippen molar-refractivity contribution in [2.75, 3.05) is 0 Å². The lowest BCUT2D eigenvalue weighted by atomic mass is 9.81. The summed E-state index contributed by atoms with van der Waals surface area (Å²) in [6.45, 7) is 2.15. The first kappa shape index (κ1) is 10.2. The molecule has 0 bridgehead atoms. The maximum absolute atomic E-state index is 10.1. The van der Waals surface area contributed by atoms with Gasteiger partial charge in [0.2, 0.25) is 0 Å². The molecule has 1 unspecified atom stereocenters. The van der Waals surface area contributed by atoms with Gasteiger partial charge in [-0.3, -0.25) is 0 Å². The Morgan fingerprint density at radius 2 is 2.36 bits per heavy atom. The van der Waals surface area contributed by atoms with Gasteiger partial charge < -0.3 is 5.11 Å². The first-order chi connectivity index (χ1) is 6.81. The Bertz CT molecular complexity index is 288. The second-order valence-corrected chi connectivity index (χ2v) is 5.16. The van der Waals surface area contributed by atoms with Gasteiger partial charge in [0.15, 0.2) is 0 Å². The first-order valence-corrected chi connectivity index (χ1v) is 6.43. The Labute approximate surface area is 89.8 Å². The van der Waals surface area contributed by atoms with E-state index in [4.69, 9.17) is 0 Å². The Kier molecular flexibility index (Phi) is 3.24. The summed E-state index contributed by atoms with van der Waals surface area (Å²) < 4.78 is 0. The summed E-state index contributed by atoms with van der Waals surface area (Å²) in [6.07, 6.45) is 5.83. The zero-order valence-corrected chi connectivity index (χ0v) is 9.52. The highest BCUT2D eigenvalue weighted by atomic mass is 32.1. The third-order valence-corrected chi connectivity index (χ3v) is 4.31. The number of hydrogen-bond donors (Lipinski definition) is 1. The molecule has 0 radical (unpaired) electrons. The first-order valence-electron chi connectivity index (χ1n) is 5.55. The summed E-state index contributed by atoms with van der Waals surface area (Å²) in [5.41, 5.74) is 1.34. The Balaban J connectivity index is 1.98. The molecule has 14 heavy (non-hydrogen) atoms. The smallest absolute Gasteiger partial charge is 0.0887 e. The normalized spacial score (nSPS) is 19.3. The molecule has 0 amide bonds. The van der Waals surface area contributed by atoms with Gasteiger partial charge in [0.05, 0.1) is 6.10 Å². The SMILES string of the molecule is CCc1ccsc1C(O)CC1CCC1. The van der Waals surface area contributed by atoms with Crippen LogP contribution in [-0.2, 0) is 6.42 Å². The van der Waals surface area contributed by atoms with Gasteiger partial charge in [-0.05, 0) is 35.8 Å². The predicted octanol–water partition coefficient (Wildman–Crippen LogP) is 3.53. The molecule has 0 saturated heterocycles. The summed E-state index contributed by atoms with van der Waals surface area (Å²) in [5.74, 6) is 0.789. The van der Waals surface area contributed by atoms with Crippen molar-refractivity contribution >= 4 is 11.3 Å². The van der Waals surface area contributed by atoms with Gasteiger partial charge in [-0.1, -0.05) is 26.2 Å². The van der Waals surface area contributed by atoms with Crippen LogP contribution in [0.3, 0.4) is 0 Å². The lowest BCUT2D eigenvalue weighted by molar-refractivity contribution is 0.121. The van der Waals surface area contributed by atoms with E-state index in [-0.39, 0.29) is 6.10 Å². The van der Waals surface area contributed by atoms with E-state index in [1.807, 2.05) is 0 Å². The summed E-state index contributed by atoms with van der Waals surface area (Å²) in [7, 11) is 0. The molecule has 1 N–H and O–H groups in total. The van der Waals surface area contributed by atoms with E-state index in [1.54, 1.807) is 11.3 Å².